The molecule has 1 aromatic rings. The summed E-state index contributed by atoms with van der Waals surface area (Å²) in [5.41, 5.74) is 2.98. The van der Waals surface area contributed by atoms with Crippen molar-refractivity contribution >= 4 is 11.7 Å². The number of rotatable bonds is 2. The van der Waals surface area contributed by atoms with Gasteiger partial charge in [0.15, 0.2) is 0 Å². The fourth-order valence-electron chi connectivity index (χ4n) is 7.07. The number of nitrogens with zero attached hydrogens (tertiary/aromatic N) is 1. The Hall–Kier alpha value is -1.55. The second-order valence-corrected chi connectivity index (χ2v) is 8.55. The first kappa shape index (κ1) is 15.7. The quantitative estimate of drug-likeness (QED) is 0.840. The van der Waals surface area contributed by atoms with E-state index in [0.29, 0.717) is 6.04 Å². The van der Waals surface area contributed by atoms with Crippen LogP contribution in [0, 0.1) is 11.3 Å². The van der Waals surface area contributed by atoms with Gasteiger partial charge >= 0.3 is 5.97 Å². The van der Waals surface area contributed by atoms with Crippen LogP contribution >= 0.6 is 0 Å². The van der Waals surface area contributed by atoms with Crippen LogP contribution in [0.5, 0.6) is 0 Å². The topological polar surface area (TPSA) is 41.6 Å². The zero-order valence-corrected chi connectivity index (χ0v) is 15.3. The van der Waals surface area contributed by atoms with Gasteiger partial charge in [-0.1, -0.05) is 25.1 Å². The number of carbonyl (C=O) groups excluding carboxylic acids is 1. The van der Waals surface area contributed by atoms with Gasteiger partial charge in [0.05, 0.1) is 19.1 Å². The zero-order chi connectivity index (χ0) is 17.2. The van der Waals surface area contributed by atoms with Gasteiger partial charge in [-0.05, 0) is 62.2 Å². The molecule has 0 radical (unpaired) electrons. The van der Waals surface area contributed by atoms with Crippen LogP contribution in [0.1, 0.15) is 44.6 Å². The van der Waals surface area contributed by atoms with Crippen molar-refractivity contribution in [2.24, 2.45) is 11.3 Å². The third-order valence-electron chi connectivity index (χ3n) is 7.90. The Balaban J connectivity index is 1.73. The molecule has 0 unspecified atom stereocenters. The molecule has 5 atom stereocenters. The maximum absolute atomic E-state index is 12.8. The Bertz CT molecular complexity index is 720. The first-order valence-corrected chi connectivity index (χ1v) is 9.84. The molecular weight excluding hydrogens is 312 g/mol. The van der Waals surface area contributed by atoms with E-state index in [2.05, 4.69) is 41.4 Å². The van der Waals surface area contributed by atoms with E-state index in [9.17, 15) is 4.79 Å². The lowest BCUT2D eigenvalue weighted by Gasteiger charge is -2.59. The van der Waals surface area contributed by atoms with E-state index in [0.717, 1.165) is 25.8 Å². The van der Waals surface area contributed by atoms with E-state index in [1.54, 1.807) is 7.11 Å². The van der Waals surface area contributed by atoms with Crippen LogP contribution in [0.3, 0.4) is 0 Å². The Labute approximate surface area is 149 Å². The predicted octanol–water partition coefficient (Wildman–Crippen LogP) is 3.18. The van der Waals surface area contributed by atoms with Crippen LogP contribution in [0.2, 0.25) is 0 Å². The van der Waals surface area contributed by atoms with Crippen LogP contribution in [0.4, 0.5) is 5.69 Å². The van der Waals surface area contributed by atoms with Crippen LogP contribution in [-0.4, -0.2) is 43.2 Å². The molecule has 25 heavy (non-hydrogen) atoms. The van der Waals surface area contributed by atoms with E-state index in [4.69, 9.17) is 4.74 Å². The summed E-state index contributed by atoms with van der Waals surface area (Å²) in [5, 5.41) is 3.77. The van der Waals surface area contributed by atoms with Crippen molar-refractivity contribution in [3.8, 4) is 0 Å². The normalized spacial score (nSPS) is 41.4. The first-order chi connectivity index (χ1) is 12.2. The third-order valence-corrected chi connectivity index (χ3v) is 7.90. The van der Waals surface area contributed by atoms with Crippen molar-refractivity contribution in [2.75, 3.05) is 25.5 Å². The predicted molar refractivity (Wildman–Crippen MR) is 97.6 cm³/mol. The summed E-state index contributed by atoms with van der Waals surface area (Å²) < 4.78 is 5.28. The van der Waals surface area contributed by atoms with E-state index in [1.165, 1.54) is 30.6 Å². The Morgan fingerprint density at radius 1 is 1.32 bits per heavy atom. The Kier molecular flexibility index (Phi) is 3.28. The van der Waals surface area contributed by atoms with E-state index in [1.807, 2.05) is 0 Å². The molecule has 3 heterocycles. The maximum Gasteiger partial charge on any atom is 0.310 e. The Morgan fingerprint density at radius 2 is 2.16 bits per heavy atom. The van der Waals surface area contributed by atoms with Gasteiger partial charge in [0, 0.05) is 17.1 Å². The number of benzene rings is 1. The second kappa shape index (κ2) is 5.23. The van der Waals surface area contributed by atoms with Crippen molar-refractivity contribution in [2.45, 2.75) is 56.5 Å². The molecule has 134 valence electrons. The fraction of sp³-hybridized carbons (Fsp3) is 0.667. The van der Waals surface area contributed by atoms with Gasteiger partial charge in [-0.2, -0.15) is 0 Å². The van der Waals surface area contributed by atoms with E-state index in [-0.39, 0.29) is 28.8 Å². The average molecular weight is 340 g/mol. The number of nitrogens with one attached hydrogen (secondary N) is 1. The number of methoxy groups -OCH3 is 1. The van der Waals surface area contributed by atoms with Crippen molar-refractivity contribution < 1.29 is 9.53 Å². The molecule has 2 saturated heterocycles. The standard InChI is InChI=1S/C21H28N2O2/c1-3-20-9-6-11-23-12-10-21(19(20)23)15-7-4-5-8-16(15)22-17(21)14(13-20)18(24)25-2/h4-5,7-8,14,17,19,22H,3,6,9-13H2,1-2H3/t14-,17-,19-,20-,21-/m1/s1. The largest absolute Gasteiger partial charge is 0.469 e. The number of ether oxygens (including phenoxy) is 1. The van der Waals surface area contributed by atoms with Gasteiger partial charge in [-0.15, -0.1) is 0 Å². The minimum atomic E-state index is -0.0494. The van der Waals surface area contributed by atoms with Gasteiger partial charge < -0.3 is 10.1 Å². The fourth-order valence-corrected chi connectivity index (χ4v) is 7.07. The molecule has 4 heteroatoms. The molecule has 4 nitrogen and oxygen atoms in total. The summed E-state index contributed by atoms with van der Waals surface area (Å²) in [6.45, 7) is 4.71. The molecule has 1 N–H and O–H groups in total. The molecule has 1 aromatic carbocycles. The SMILES string of the molecule is CC[C@@]12CCCN3CC[C@]4(c5ccccc5N[C@@H]4[C@H](C(=O)OC)C1)[C@H]32. The van der Waals surface area contributed by atoms with Crippen LogP contribution < -0.4 is 5.32 Å². The molecule has 1 aliphatic carbocycles. The number of hydrogen-bond donors (Lipinski definition) is 1. The van der Waals surface area contributed by atoms with E-state index < -0.39 is 0 Å². The molecule has 1 saturated carbocycles. The summed E-state index contributed by atoms with van der Waals surface area (Å²) in [6.07, 6.45) is 5.77. The van der Waals surface area contributed by atoms with Gasteiger partial charge in [-0.3, -0.25) is 9.69 Å². The highest BCUT2D eigenvalue weighted by Gasteiger charge is 2.69. The number of para-hydroxylation sites is 1. The maximum atomic E-state index is 12.8. The minimum Gasteiger partial charge on any atom is -0.469 e. The Morgan fingerprint density at radius 3 is 2.96 bits per heavy atom. The number of carbonyl (C=O) groups is 1. The number of anilines is 1. The van der Waals surface area contributed by atoms with Crippen LogP contribution in [0.15, 0.2) is 24.3 Å². The minimum absolute atomic E-state index is 0.0278. The lowest BCUT2D eigenvalue weighted by Crippen LogP contribution is -2.67. The van der Waals surface area contributed by atoms with Crippen molar-refractivity contribution in [3.05, 3.63) is 29.8 Å². The summed E-state index contributed by atoms with van der Waals surface area (Å²) in [7, 11) is 1.55. The summed E-state index contributed by atoms with van der Waals surface area (Å²) in [5.74, 6) is -0.0772. The van der Waals surface area contributed by atoms with Gasteiger partial charge in [-0.25, -0.2) is 0 Å². The number of piperidine rings is 1. The molecular formula is C21H28N2O2. The highest BCUT2D eigenvalue weighted by molar-refractivity contribution is 5.78. The highest BCUT2D eigenvalue weighted by Crippen LogP contribution is 2.65. The number of hydrogen-bond acceptors (Lipinski definition) is 4. The first-order valence-electron chi connectivity index (χ1n) is 9.84. The average Bonchev–Trinajstić information content (AvgIpc) is 3.21. The summed E-state index contributed by atoms with van der Waals surface area (Å²) in [4.78, 5) is 15.5. The molecule has 4 aliphatic rings. The van der Waals surface area contributed by atoms with Crippen LogP contribution in [0.25, 0.3) is 0 Å². The number of fused-ring (bicyclic) bond motifs is 1. The molecule has 3 fully saturated rings. The lowest BCUT2D eigenvalue weighted by atomic mass is 9.49. The number of esters is 1. The highest BCUT2D eigenvalue weighted by atomic mass is 16.5. The monoisotopic (exact) mass is 340 g/mol. The van der Waals surface area contributed by atoms with Crippen molar-refractivity contribution in [3.63, 3.8) is 0 Å². The molecule has 3 aliphatic heterocycles. The smallest absolute Gasteiger partial charge is 0.310 e. The van der Waals surface area contributed by atoms with E-state index >= 15 is 0 Å². The third kappa shape index (κ3) is 1.79. The summed E-state index contributed by atoms with van der Waals surface area (Å²) in [6, 6.07) is 9.49. The molecule has 5 rings (SSSR count). The molecule has 0 bridgehead atoms. The molecule has 1 spiro atoms. The zero-order valence-electron chi connectivity index (χ0n) is 15.3. The lowest BCUT2D eigenvalue weighted by molar-refractivity contribution is -0.153. The van der Waals surface area contributed by atoms with Gasteiger partial charge in [0.1, 0.15) is 0 Å². The van der Waals surface area contributed by atoms with Crippen molar-refractivity contribution in [1.29, 1.82) is 0 Å². The van der Waals surface area contributed by atoms with Crippen molar-refractivity contribution in [1.82, 2.24) is 4.90 Å². The second-order valence-electron chi connectivity index (χ2n) is 8.55. The van der Waals surface area contributed by atoms with Gasteiger partial charge in [0.25, 0.3) is 0 Å². The molecule has 0 aromatic heterocycles. The molecule has 0 amide bonds. The summed E-state index contributed by atoms with van der Waals surface area (Å²) >= 11 is 0. The van der Waals surface area contributed by atoms with Crippen LogP contribution in [-0.2, 0) is 14.9 Å². The van der Waals surface area contributed by atoms with Gasteiger partial charge in [0.2, 0.25) is 0 Å².